The van der Waals surface area contributed by atoms with Crippen LogP contribution in [0, 0.1) is 0 Å². The van der Waals surface area contributed by atoms with Crippen molar-refractivity contribution in [3.05, 3.63) is 206 Å². The first-order valence-electron chi connectivity index (χ1n) is 17.9. The van der Waals surface area contributed by atoms with Crippen molar-refractivity contribution in [2.24, 2.45) is 4.99 Å². The third kappa shape index (κ3) is 7.28. The molecular formula is C50H39N3. The summed E-state index contributed by atoms with van der Waals surface area (Å²) in [4.78, 5) is 5.16. The highest BCUT2D eigenvalue weighted by molar-refractivity contribution is 6.02. The normalized spacial score (nSPS) is 11.3. The smallest absolute Gasteiger partial charge is 0.0711 e. The molecule has 0 atom stereocenters. The lowest BCUT2D eigenvalue weighted by molar-refractivity contribution is 1.46. The molecule has 3 N–H and O–H groups in total. The fraction of sp³-hybridized carbons (Fsp3) is 0.0200. The van der Waals surface area contributed by atoms with Gasteiger partial charge in [0.15, 0.2) is 0 Å². The lowest BCUT2D eigenvalue weighted by Gasteiger charge is -2.18. The Morgan fingerprint density at radius 3 is 1.66 bits per heavy atom. The Balaban J connectivity index is 1.28. The molecular weight excluding hydrogens is 643 g/mol. The fourth-order valence-corrected chi connectivity index (χ4v) is 6.87. The highest BCUT2D eigenvalue weighted by atomic mass is 14.9. The largest absolute Gasteiger partial charge is 0.398 e. The molecule has 0 radical (unpaired) electrons. The van der Waals surface area contributed by atoms with Gasteiger partial charge < -0.3 is 11.1 Å². The zero-order valence-electron chi connectivity index (χ0n) is 29.6. The summed E-state index contributed by atoms with van der Waals surface area (Å²) in [6, 6.07) is 69.7. The summed E-state index contributed by atoms with van der Waals surface area (Å²) in [6.07, 6.45) is 0. The molecule has 0 unspecified atom stereocenters. The van der Waals surface area contributed by atoms with Crippen LogP contribution < -0.4 is 11.1 Å². The average molecular weight is 682 g/mol. The van der Waals surface area contributed by atoms with Gasteiger partial charge in [-0.05, 0) is 100.0 Å². The first-order chi connectivity index (χ1) is 26.1. The Hall–Kier alpha value is -6.97. The number of nitrogen functional groups attached to an aromatic ring is 1. The minimum absolute atomic E-state index is 0.715. The van der Waals surface area contributed by atoms with Crippen LogP contribution in [0.5, 0.6) is 0 Å². The lowest BCUT2D eigenvalue weighted by Crippen LogP contribution is -1.96. The van der Waals surface area contributed by atoms with Crippen molar-refractivity contribution < 1.29 is 0 Å². The van der Waals surface area contributed by atoms with Crippen molar-refractivity contribution >= 4 is 28.5 Å². The molecule has 8 aromatic carbocycles. The van der Waals surface area contributed by atoms with E-state index in [1.165, 1.54) is 0 Å². The van der Waals surface area contributed by atoms with Crippen LogP contribution in [-0.2, 0) is 0 Å². The van der Waals surface area contributed by atoms with E-state index >= 15 is 0 Å². The van der Waals surface area contributed by atoms with Crippen LogP contribution in [0.15, 0.2) is 205 Å². The zero-order valence-corrected chi connectivity index (χ0v) is 29.6. The van der Waals surface area contributed by atoms with Gasteiger partial charge in [-0.15, -0.1) is 0 Å². The Morgan fingerprint density at radius 2 is 0.943 bits per heavy atom. The average Bonchev–Trinajstić information content (AvgIpc) is 3.22. The van der Waals surface area contributed by atoms with Crippen molar-refractivity contribution in [2.75, 3.05) is 11.1 Å². The van der Waals surface area contributed by atoms with Crippen molar-refractivity contribution in [2.45, 2.75) is 6.92 Å². The summed E-state index contributed by atoms with van der Waals surface area (Å²) in [5.41, 5.74) is 23.6. The van der Waals surface area contributed by atoms with Gasteiger partial charge in [0.1, 0.15) is 0 Å². The maximum Gasteiger partial charge on any atom is 0.0711 e. The maximum atomic E-state index is 6.92. The van der Waals surface area contributed by atoms with Crippen LogP contribution in [0.3, 0.4) is 0 Å². The molecule has 0 heterocycles. The molecule has 0 aromatic heterocycles. The van der Waals surface area contributed by atoms with Crippen molar-refractivity contribution in [3.8, 4) is 55.6 Å². The molecule has 0 fully saturated rings. The molecule has 0 aliphatic heterocycles. The Kier molecular flexibility index (Phi) is 9.46. The number of aliphatic imine (C=N–C) groups is 1. The van der Waals surface area contributed by atoms with E-state index in [1.807, 2.05) is 54.6 Å². The minimum Gasteiger partial charge on any atom is -0.398 e. The maximum absolute atomic E-state index is 6.92. The van der Waals surface area contributed by atoms with E-state index in [0.29, 0.717) is 5.69 Å². The van der Waals surface area contributed by atoms with E-state index in [-0.39, 0.29) is 0 Å². The SMILES string of the molecule is C/C(=N\c1ccccc1-c1ccc(-c2ccccc2)cc1-c1cc(-c2ccc(Nc3ccccc3)c(-c3ccccc3)c2)ccc1N)c1ccccc1. The fourth-order valence-electron chi connectivity index (χ4n) is 6.87. The second-order valence-electron chi connectivity index (χ2n) is 13.1. The molecule has 53 heavy (non-hydrogen) atoms. The summed E-state index contributed by atoms with van der Waals surface area (Å²) >= 11 is 0. The molecule has 0 aliphatic carbocycles. The summed E-state index contributed by atoms with van der Waals surface area (Å²) < 4.78 is 0. The van der Waals surface area contributed by atoms with Crippen molar-refractivity contribution in [1.29, 1.82) is 0 Å². The van der Waals surface area contributed by atoms with E-state index in [9.17, 15) is 0 Å². The molecule has 0 saturated heterocycles. The van der Waals surface area contributed by atoms with E-state index in [0.717, 1.165) is 84.0 Å². The summed E-state index contributed by atoms with van der Waals surface area (Å²) in [5.74, 6) is 0. The number of anilines is 3. The van der Waals surface area contributed by atoms with Crippen LogP contribution in [0.25, 0.3) is 55.6 Å². The second kappa shape index (κ2) is 15.1. The summed E-state index contributed by atoms with van der Waals surface area (Å²) in [5, 5.41) is 3.64. The molecule has 8 rings (SSSR count). The molecule has 8 aromatic rings. The monoisotopic (exact) mass is 681 g/mol. The zero-order chi connectivity index (χ0) is 36.0. The first kappa shape index (κ1) is 33.2. The Labute approximate surface area is 311 Å². The summed E-state index contributed by atoms with van der Waals surface area (Å²) in [6.45, 7) is 2.07. The van der Waals surface area contributed by atoms with E-state index in [1.54, 1.807) is 0 Å². The molecule has 3 heteroatoms. The molecule has 3 nitrogen and oxygen atoms in total. The molecule has 0 bridgehead atoms. The summed E-state index contributed by atoms with van der Waals surface area (Å²) in [7, 11) is 0. The molecule has 0 spiro atoms. The van der Waals surface area contributed by atoms with Crippen molar-refractivity contribution in [1.82, 2.24) is 0 Å². The van der Waals surface area contributed by atoms with Crippen LogP contribution in [0.2, 0.25) is 0 Å². The lowest BCUT2D eigenvalue weighted by atomic mass is 9.88. The van der Waals surface area contributed by atoms with E-state index in [2.05, 4.69) is 158 Å². The minimum atomic E-state index is 0.715. The van der Waals surface area contributed by atoms with E-state index < -0.39 is 0 Å². The number of hydrogen-bond donors (Lipinski definition) is 2. The van der Waals surface area contributed by atoms with Gasteiger partial charge in [-0.2, -0.15) is 0 Å². The standard InChI is InChI=1S/C50H39N3/c1-35(36-16-6-2-7-17-36)52-49-25-15-14-24-44(49)43-29-26-39(37-18-8-3-9-19-37)33-46(43)47-34-40(27-30-48(47)51)41-28-31-50(53-42-22-12-5-13-23-42)45(32-41)38-20-10-4-11-21-38/h2-34,53H,51H2,1H3/b52-35+. The van der Waals surface area contributed by atoms with E-state index in [4.69, 9.17) is 10.7 Å². The third-order valence-corrected chi connectivity index (χ3v) is 9.63. The molecule has 0 amide bonds. The Bertz CT molecular complexity index is 2520. The van der Waals surface area contributed by atoms with Crippen LogP contribution in [0.4, 0.5) is 22.7 Å². The van der Waals surface area contributed by atoms with Gasteiger partial charge >= 0.3 is 0 Å². The predicted molar refractivity (Wildman–Crippen MR) is 226 cm³/mol. The van der Waals surface area contributed by atoms with Gasteiger partial charge in [0.25, 0.3) is 0 Å². The van der Waals surface area contributed by atoms with Crippen LogP contribution in [0.1, 0.15) is 12.5 Å². The van der Waals surface area contributed by atoms with Gasteiger partial charge in [-0.1, -0.05) is 152 Å². The predicted octanol–water partition coefficient (Wildman–Crippen LogP) is 13.5. The van der Waals surface area contributed by atoms with Gasteiger partial charge in [0, 0.05) is 39.5 Å². The van der Waals surface area contributed by atoms with Gasteiger partial charge in [0.2, 0.25) is 0 Å². The van der Waals surface area contributed by atoms with Crippen LogP contribution in [-0.4, -0.2) is 5.71 Å². The topological polar surface area (TPSA) is 50.4 Å². The number of para-hydroxylation sites is 2. The number of benzene rings is 8. The third-order valence-electron chi connectivity index (χ3n) is 9.63. The van der Waals surface area contributed by atoms with Gasteiger partial charge in [-0.25, -0.2) is 0 Å². The number of rotatable bonds is 9. The Morgan fingerprint density at radius 1 is 0.415 bits per heavy atom. The number of hydrogen-bond acceptors (Lipinski definition) is 3. The number of nitrogens with two attached hydrogens (primary N) is 1. The highest BCUT2D eigenvalue weighted by Crippen LogP contribution is 2.43. The quantitative estimate of drug-likeness (QED) is 0.118. The number of nitrogens with one attached hydrogen (secondary N) is 1. The first-order valence-corrected chi connectivity index (χ1v) is 17.9. The van der Waals surface area contributed by atoms with Gasteiger partial charge in [-0.3, -0.25) is 4.99 Å². The van der Waals surface area contributed by atoms with Crippen LogP contribution >= 0.6 is 0 Å². The van der Waals surface area contributed by atoms with Gasteiger partial charge in [0.05, 0.1) is 5.69 Å². The highest BCUT2D eigenvalue weighted by Gasteiger charge is 2.17. The second-order valence-corrected chi connectivity index (χ2v) is 13.1. The van der Waals surface area contributed by atoms with Crippen molar-refractivity contribution in [3.63, 3.8) is 0 Å². The number of nitrogens with zero attached hydrogens (tertiary/aromatic N) is 1. The molecule has 0 aliphatic rings. The molecule has 254 valence electrons. The molecule has 0 saturated carbocycles.